The summed E-state index contributed by atoms with van der Waals surface area (Å²) in [6.45, 7) is 2.26. The summed E-state index contributed by atoms with van der Waals surface area (Å²) in [6.07, 6.45) is 1.28. The van der Waals surface area contributed by atoms with Crippen LogP contribution in [-0.2, 0) is 6.61 Å². The molecule has 0 radical (unpaired) electrons. The molecule has 0 atom stereocenters. The number of hydrogen-bond donors (Lipinski definition) is 1. The van der Waals surface area contributed by atoms with E-state index in [9.17, 15) is 4.39 Å². The number of nitrogens with zero attached hydrogens (tertiary/aromatic N) is 1. The molecular formula is C16H15ClFNO3. The molecule has 1 N–H and O–H groups in total. The van der Waals surface area contributed by atoms with Crippen LogP contribution in [0.2, 0.25) is 5.02 Å². The van der Waals surface area contributed by atoms with Crippen LogP contribution in [0.5, 0.6) is 11.5 Å². The highest BCUT2D eigenvalue weighted by Gasteiger charge is 2.11. The average molecular weight is 324 g/mol. The van der Waals surface area contributed by atoms with E-state index in [0.717, 1.165) is 0 Å². The van der Waals surface area contributed by atoms with E-state index in [4.69, 9.17) is 26.3 Å². The van der Waals surface area contributed by atoms with Gasteiger partial charge < -0.3 is 14.7 Å². The van der Waals surface area contributed by atoms with Gasteiger partial charge >= 0.3 is 0 Å². The lowest BCUT2D eigenvalue weighted by Gasteiger charge is -2.13. The van der Waals surface area contributed by atoms with Crippen LogP contribution in [0.4, 0.5) is 4.39 Å². The van der Waals surface area contributed by atoms with Gasteiger partial charge in [0.2, 0.25) is 0 Å². The third kappa shape index (κ3) is 3.89. The largest absolute Gasteiger partial charge is 0.490 e. The van der Waals surface area contributed by atoms with E-state index in [-0.39, 0.29) is 12.2 Å². The van der Waals surface area contributed by atoms with Crippen LogP contribution < -0.4 is 9.47 Å². The third-order valence-corrected chi connectivity index (χ3v) is 3.26. The SMILES string of the molecule is CCOc1cc(C=NO)ccc1OCc1c(F)cccc1Cl. The van der Waals surface area contributed by atoms with Crippen molar-refractivity contribution in [2.45, 2.75) is 13.5 Å². The molecule has 0 amide bonds. The van der Waals surface area contributed by atoms with Gasteiger partial charge in [0.25, 0.3) is 0 Å². The number of halogens is 2. The molecular weight excluding hydrogens is 309 g/mol. The van der Waals surface area contributed by atoms with Gasteiger partial charge in [-0.3, -0.25) is 0 Å². The summed E-state index contributed by atoms with van der Waals surface area (Å²) >= 11 is 5.97. The Morgan fingerprint density at radius 3 is 2.73 bits per heavy atom. The lowest BCUT2D eigenvalue weighted by molar-refractivity contribution is 0.266. The maximum atomic E-state index is 13.7. The van der Waals surface area contributed by atoms with Crippen LogP contribution >= 0.6 is 11.6 Å². The van der Waals surface area contributed by atoms with Gasteiger partial charge in [0.05, 0.1) is 17.8 Å². The Morgan fingerprint density at radius 2 is 2.05 bits per heavy atom. The molecule has 0 saturated carbocycles. The van der Waals surface area contributed by atoms with Crippen molar-refractivity contribution in [1.29, 1.82) is 0 Å². The second kappa shape index (κ2) is 7.66. The van der Waals surface area contributed by atoms with Crippen molar-refractivity contribution in [2.75, 3.05) is 6.61 Å². The normalized spacial score (nSPS) is 10.9. The van der Waals surface area contributed by atoms with E-state index in [2.05, 4.69) is 5.16 Å². The van der Waals surface area contributed by atoms with Gasteiger partial charge in [-0.2, -0.15) is 0 Å². The van der Waals surface area contributed by atoms with Gasteiger partial charge in [-0.15, -0.1) is 0 Å². The molecule has 4 nitrogen and oxygen atoms in total. The Morgan fingerprint density at radius 1 is 1.23 bits per heavy atom. The zero-order chi connectivity index (χ0) is 15.9. The Labute approximate surface area is 132 Å². The third-order valence-electron chi connectivity index (χ3n) is 2.91. The first-order valence-corrected chi connectivity index (χ1v) is 7.03. The lowest BCUT2D eigenvalue weighted by atomic mass is 10.2. The molecule has 0 aliphatic heterocycles. The molecule has 2 aromatic rings. The molecule has 0 aliphatic carbocycles. The molecule has 0 bridgehead atoms. The Balaban J connectivity index is 2.21. The van der Waals surface area contributed by atoms with Crippen molar-refractivity contribution in [2.24, 2.45) is 5.16 Å². The quantitative estimate of drug-likeness (QED) is 0.491. The average Bonchev–Trinajstić information content (AvgIpc) is 2.49. The van der Waals surface area contributed by atoms with E-state index in [0.29, 0.717) is 28.7 Å². The predicted molar refractivity (Wildman–Crippen MR) is 82.7 cm³/mol. The number of ether oxygens (including phenoxy) is 2. The summed E-state index contributed by atoms with van der Waals surface area (Å²) in [6, 6.07) is 9.50. The molecule has 2 aromatic carbocycles. The van der Waals surface area contributed by atoms with Crippen LogP contribution in [0.1, 0.15) is 18.1 Å². The minimum Gasteiger partial charge on any atom is -0.490 e. The summed E-state index contributed by atoms with van der Waals surface area (Å²) in [5, 5.41) is 11.8. The number of benzene rings is 2. The fourth-order valence-electron chi connectivity index (χ4n) is 1.88. The Bertz CT molecular complexity index is 656. The number of rotatable bonds is 6. The van der Waals surface area contributed by atoms with Crippen LogP contribution in [0.25, 0.3) is 0 Å². The molecule has 0 spiro atoms. The fourth-order valence-corrected chi connectivity index (χ4v) is 2.10. The molecule has 6 heteroatoms. The van der Waals surface area contributed by atoms with Crippen LogP contribution in [0.15, 0.2) is 41.6 Å². The van der Waals surface area contributed by atoms with E-state index in [1.807, 2.05) is 6.92 Å². The van der Waals surface area contributed by atoms with Gasteiger partial charge in [0.1, 0.15) is 12.4 Å². The smallest absolute Gasteiger partial charge is 0.161 e. The van der Waals surface area contributed by atoms with E-state index >= 15 is 0 Å². The van der Waals surface area contributed by atoms with Crippen molar-refractivity contribution in [3.63, 3.8) is 0 Å². The standard InChI is InChI=1S/C16H15ClFNO3/c1-2-21-16-8-11(9-19-20)6-7-15(16)22-10-12-13(17)4-3-5-14(12)18/h3-9,20H,2,10H2,1H3. The highest BCUT2D eigenvalue weighted by atomic mass is 35.5. The number of hydrogen-bond acceptors (Lipinski definition) is 4. The van der Waals surface area contributed by atoms with Crippen molar-refractivity contribution >= 4 is 17.8 Å². The van der Waals surface area contributed by atoms with Gasteiger partial charge in [-0.05, 0) is 37.3 Å². The molecule has 0 aromatic heterocycles. The first-order valence-electron chi connectivity index (χ1n) is 6.65. The highest BCUT2D eigenvalue weighted by Crippen LogP contribution is 2.30. The molecule has 0 aliphatic rings. The number of oxime groups is 1. The minimum absolute atomic E-state index is 0.0149. The molecule has 0 saturated heterocycles. The van der Waals surface area contributed by atoms with Crippen LogP contribution in [0.3, 0.4) is 0 Å². The van der Waals surface area contributed by atoms with Crippen LogP contribution in [0, 0.1) is 5.82 Å². The molecule has 0 fully saturated rings. The molecule has 22 heavy (non-hydrogen) atoms. The van der Waals surface area contributed by atoms with E-state index in [1.165, 1.54) is 18.3 Å². The van der Waals surface area contributed by atoms with Crippen molar-refractivity contribution in [3.8, 4) is 11.5 Å². The summed E-state index contributed by atoms with van der Waals surface area (Å²) < 4.78 is 24.8. The van der Waals surface area contributed by atoms with Gasteiger partial charge in [0.15, 0.2) is 11.5 Å². The van der Waals surface area contributed by atoms with Crippen molar-refractivity contribution in [1.82, 2.24) is 0 Å². The van der Waals surface area contributed by atoms with Gasteiger partial charge in [-0.25, -0.2) is 4.39 Å². The monoisotopic (exact) mass is 323 g/mol. The summed E-state index contributed by atoms with van der Waals surface area (Å²) in [7, 11) is 0. The van der Waals surface area contributed by atoms with Gasteiger partial charge in [0, 0.05) is 11.1 Å². The Hall–Kier alpha value is -2.27. The molecule has 116 valence electrons. The summed E-state index contributed by atoms with van der Waals surface area (Å²) in [5.41, 5.74) is 0.940. The van der Waals surface area contributed by atoms with Gasteiger partial charge in [-0.1, -0.05) is 22.8 Å². The first-order chi connectivity index (χ1) is 10.7. The zero-order valence-electron chi connectivity index (χ0n) is 11.9. The van der Waals surface area contributed by atoms with E-state index < -0.39 is 5.82 Å². The topological polar surface area (TPSA) is 51.0 Å². The second-order valence-corrected chi connectivity index (χ2v) is 4.78. The maximum absolute atomic E-state index is 13.7. The van der Waals surface area contributed by atoms with Crippen molar-refractivity contribution in [3.05, 3.63) is 58.4 Å². The molecule has 2 rings (SSSR count). The second-order valence-electron chi connectivity index (χ2n) is 4.37. The predicted octanol–water partition coefficient (Wildman–Crippen LogP) is 4.26. The highest BCUT2D eigenvalue weighted by molar-refractivity contribution is 6.31. The lowest BCUT2D eigenvalue weighted by Crippen LogP contribution is -2.02. The molecule has 0 unspecified atom stereocenters. The molecule has 0 heterocycles. The van der Waals surface area contributed by atoms with Crippen molar-refractivity contribution < 1.29 is 19.1 Å². The minimum atomic E-state index is -0.422. The first kappa shape index (κ1) is 16.1. The summed E-state index contributed by atoms with van der Waals surface area (Å²) in [4.78, 5) is 0. The fraction of sp³-hybridized carbons (Fsp3) is 0.188. The zero-order valence-corrected chi connectivity index (χ0v) is 12.7. The Kier molecular flexibility index (Phi) is 5.61. The van der Waals surface area contributed by atoms with E-state index in [1.54, 1.807) is 24.3 Å². The van der Waals surface area contributed by atoms with Crippen LogP contribution in [-0.4, -0.2) is 18.0 Å². The maximum Gasteiger partial charge on any atom is 0.161 e. The summed E-state index contributed by atoms with van der Waals surface area (Å²) in [5.74, 6) is 0.512.